The van der Waals surface area contributed by atoms with E-state index < -0.39 is 5.60 Å². The number of anilines is 1. The average Bonchev–Trinajstić information content (AvgIpc) is 2.48. The molecule has 0 amide bonds. The highest BCUT2D eigenvalue weighted by molar-refractivity contribution is 9.10. The third-order valence-electron chi connectivity index (χ3n) is 4.02. The predicted molar refractivity (Wildman–Crippen MR) is 88.7 cm³/mol. The number of nitrogens with zero attached hydrogens (tertiary/aromatic N) is 2. The second-order valence-corrected chi connectivity index (χ2v) is 6.68. The molecule has 0 saturated carbocycles. The fraction of sp³-hybridized carbons (Fsp3) is 0.312. The average molecular weight is 368 g/mol. The number of benzene rings is 1. The maximum Gasteiger partial charge on any atom is 0.0944 e. The summed E-state index contributed by atoms with van der Waals surface area (Å²) in [4.78, 5) is 6.44. The van der Waals surface area contributed by atoms with Gasteiger partial charge in [0.25, 0.3) is 0 Å². The summed E-state index contributed by atoms with van der Waals surface area (Å²) in [5.74, 6) is 0. The molecule has 1 fully saturated rings. The Morgan fingerprint density at radius 1 is 1.19 bits per heavy atom. The summed E-state index contributed by atoms with van der Waals surface area (Å²) >= 11 is 9.67. The Bertz CT molecular complexity index is 642. The number of hydrogen-bond donors (Lipinski definition) is 1. The molecule has 2 aromatic rings. The minimum absolute atomic E-state index is 0.637. The van der Waals surface area contributed by atoms with Gasteiger partial charge in [0.1, 0.15) is 0 Å². The molecule has 3 rings (SSSR count). The van der Waals surface area contributed by atoms with Gasteiger partial charge in [-0.2, -0.15) is 0 Å². The smallest absolute Gasteiger partial charge is 0.0944 e. The van der Waals surface area contributed by atoms with Gasteiger partial charge in [0.15, 0.2) is 0 Å². The van der Waals surface area contributed by atoms with E-state index in [4.69, 9.17) is 11.6 Å². The second-order valence-electron chi connectivity index (χ2n) is 5.36. The lowest BCUT2D eigenvalue weighted by atomic mass is 9.84. The van der Waals surface area contributed by atoms with E-state index in [1.165, 1.54) is 0 Å². The van der Waals surface area contributed by atoms with Crippen molar-refractivity contribution in [2.75, 3.05) is 18.0 Å². The fourth-order valence-corrected chi connectivity index (χ4v) is 3.48. The maximum atomic E-state index is 10.9. The molecule has 0 atom stereocenters. The summed E-state index contributed by atoms with van der Waals surface area (Å²) in [6, 6.07) is 9.60. The number of piperidine rings is 1. The third kappa shape index (κ3) is 3.07. The summed E-state index contributed by atoms with van der Waals surface area (Å²) in [7, 11) is 0. The van der Waals surface area contributed by atoms with Gasteiger partial charge in [-0.25, -0.2) is 0 Å². The van der Waals surface area contributed by atoms with E-state index in [-0.39, 0.29) is 0 Å². The fourth-order valence-electron chi connectivity index (χ4n) is 2.82. The lowest BCUT2D eigenvalue weighted by Crippen LogP contribution is -2.42. The van der Waals surface area contributed by atoms with Crippen LogP contribution in [0.3, 0.4) is 0 Å². The molecule has 110 valence electrons. The van der Waals surface area contributed by atoms with Crippen molar-refractivity contribution in [3.05, 3.63) is 57.8 Å². The highest BCUT2D eigenvalue weighted by Crippen LogP contribution is 2.37. The largest absolute Gasteiger partial charge is 0.385 e. The van der Waals surface area contributed by atoms with Gasteiger partial charge in [-0.1, -0.05) is 29.8 Å². The SMILES string of the molecule is OC1(c2ccccc2Cl)CCN(c2cncc(Br)c2)CC1. The van der Waals surface area contributed by atoms with Crippen LogP contribution in [0.1, 0.15) is 18.4 Å². The molecule has 0 unspecified atom stereocenters. The number of halogens is 2. The number of pyridine rings is 1. The predicted octanol–water partition coefficient (Wildman–Crippen LogP) is 3.99. The van der Waals surface area contributed by atoms with E-state index in [2.05, 4.69) is 25.8 Å². The van der Waals surface area contributed by atoms with Crippen molar-refractivity contribution in [3.8, 4) is 0 Å². The van der Waals surface area contributed by atoms with Crippen LogP contribution in [0, 0.1) is 0 Å². The molecule has 0 bridgehead atoms. The number of aromatic nitrogens is 1. The molecule has 0 spiro atoms. The van der Waals surface area contributed by atoms with Crippen molar-refractivity contribution >= 4 is 33.2 Å². The molecule has 0 aliphatic carbocycles. The molecule has 1 aromatic heterocycles. The van der Waals surface area contributed by atoms with Gasteiger partial charge < -0.3 is 10.0 Å². The molecular formula is C16H16BrClN2O. The van der Waals surface area contributed by atoms with Crippen LogP contribution >= 0.6 is 27.5 Å². The van der Waals surface area contributed by atoms with Crippen molar-refractivity contribution in [2.24, 2.45) is 0 Å². The molecule has 1 saturated heterocycles. The Kier molecular flexibility index (Phi) is 4.20. The first kappa shape index (κ1) is 14.8. The Hall–Kier alpha value is -1.10. The van der Waals surface area contributed by atoms with Crippen LogP contribution in [0.25, 0.3) is 0 Å². The highest BCUT2D eigenvalue weighted by Gasteiger charge is 2.35. The topological polar surface area (TPSA) is 36.4 Å². The van der Waals surface area contributed by atoms with Gasteiger partial charge in [-0.3, -0.25) is 4.98 Å². The zero-order valence-corrected chi connectivity index (χ0v) is 13.8. The molecule has 0 radical (unpaired) electrons. The molecule has 21 heavy (non-hydrogen) atoms. The van der Waals surface area contributed by atoms with Gasteiger partial charge in [-0.05, 0) is 40.9 Å². The van der Waals surface area contributed by atoms with Crippen LogP contribution in [0.2, 0.25) is 5.02 Å². The monoisotopic (exact) mass is 366 g/mol. The van der Waals surface area contributed by atoms with Gasteiger partial charge in [0.05, 0.1) is 17.5 Å². The first-order valence-electron chi connectivity index (χ1n) is 6.91. The maximum absolute atomic E-state index is 10.9. The molecule has 1 aliphatic heterocycles. The molecule has 2 heterocycles. The van der Waals surface area contributed by atoms with Crippen molar-refractivity contribution in [3.63, 3.8) is 0 Å². The van der Waals surface area contributed by atoms with E-state index in [0.717, 1.165) is 28.8 Å². The summed E-state index contributed by atoms with van der Waals surface area (Å²) in [5.41, 5.74) is 1.07. The standard InChI is InChI=1S/C16H16BrClN2O/c17-12-9-13(11-19-10-12)20-7-5-16(21,6-8-20)14-3-1-2-4-15(14)18/h1-4,9-11,21H,5-8H2. The Morgan fingerprint density at radius 3 is 2.57 bits per heavy atom. The van der Waals surface area contributed by atoms with Crippen molar-refractivity contribution in [2.45, 2.75) is 18.4 Å². The molecular weight excluding hydrogens is 352 g/mol. The molecule has 1 N–H and O–H groups in total. The van der Waals surface area contributed by atoms with Crippen LogP contribution in [0.15, 0.2) is 47.2 Å². The van der Waals surface area contributed by atoms with E-state index in [9.17, 15) is 5.11 Å². The summed E-state index contributed by atoms with van der Waals surface area (Å²) < 4.78 is 0.965. The normalized spacial score (nSPS) is 17.8. The van der Waals surface area contributed by atoms with Crippen molar-refractivity contribution in [1.82, 2.24) is 4.98 Å². The number of hydrogen-bond acceptors (Lipinski definition) is 3. The van der Waals surface area contributed by atoms with Crippen LogP contribution in [-0.4, -0.2) is 23.2 Å². The Balaban J connectivity index is 1.77. The van der Waals surface area contributed by atoms with Gasteiger partial charge in [-0.15, -0.1) is 0 Å². The first-order chi connectivity index (χ1) is 10.1. The third-order valence-corrected chi connectivity index (χ3v) is 4.78. The number of rotatable bonds is 2. The van der Waals surface area contributed by atoms with Crippen LogP contribution in [0.5, 0.6) is 0 Å². The zero-order valence-electron chi connectivity index (χ0n) is 11.5. The molecule has 3 nitrogen and oxygen atoms in total. The molecule has 1 aliphatic rings. The van der Waals surface area contributed by atoms with E-state index in [0.29, 0.717) is 17.9 Å². The Morgan fingerprint density at radius 2 is 1.90 bits per heavy atom. The lowest BCUT2D eigenvalue weighted by Gasteiger charge is -2.39. The second kappa shape index (κ2) is 5.95. The quantitative estimate of drug-likeness (QED) is 0.872. The van der Waals surface area contributed by atoms with E-state index in [1.54, 1.807) is 6.20 Å². The van der Waals surface area contributed by atoms with Crippen LogP contribution < -0.4 is 4.90 Å². The minimum atomic E-state index is -0.839. The summed E-state index contributed by atoms with van der Waals surface area (Å²) in [5, 5.41) is 11.5. The van der Waals surface area contributed by atoms with Gasteiger partial charge in [0.2, 0.25) is 0 Å². The zero-order chi connectivity index (χ0) is 14.9. The molecule has 1 aromatic carbocycles. The summed E-state index contributed by atoms with van der Waals surface area (Å²) in [6.45, 7) is 1.56. The van der Waals surface area contributed by atoms with Gasteiger partial charge >= 0.3 is 0 Å². The first-order valence-corrected chi connectivity index (χ1v) is 8.08. The number of aliphatic hydroxyl groups is 1. The molecule has 5 heteroatoms. The van der Waals surface area contributed by atoms with E-state index in [1.807, 2.05) is 36.5 Å². The summed E-state index contributed by atoms with van der Waals surface area (Å²) in [6.07, 6.45) is 4.94. The van der Waals surface area contributed by atoms with E-state index >= 15 is 0 Å². The van der Waals surface area contributed by atoms with Crippen molar-refractivity contribution < 1.29 is 5.11 Å². The lowest BCUT2D eigenvalue weighted by molar-refractivity contribution is 0.0119. The highest BCUT2D eigenvalue weighted by atomic mass is 79.9. The Labute approximate surface area is 137 Å². The van der Waals surface area contributed by atoms with Gasteiger partial charge in [0, 0.05) is 34.3 Å². The van der Waals surface area contributed by atoms with Crippen LogP contribution in [0.4, 0.5) is 5.69 Å². The van der Waals surface area contributed by atoms with Crippen LogP contribution in [-0.2, 0) is 5.60 Å². The minimum Gasteiger partial charge on any atom is -0.385 e. The van der Waals surface area contributed by atoms with Crippen molar-refractivity contribution in [1.29, 1.82) is 0 Å².